The molecule has 23 heavy (non-hydrogen) atoms. The number of hydrogen-bond acceptors (Lipinski definition) is 4. The van der Waals surface area contributed by atoms with Crippen LogP contribution in [0.1, 0.15) is 50.6 Å². The van der Waals surface area contributed by atoms with Crippen LogP contribution in [0.25, 0.3) is 0 Å². The van der Waals surface area contributed by atoms with Gasteiger partial charge in [-0.2, -0.15) is 0 Å². The molecule has 0 fully saturated rings. The highest BCUT2D eigenvalue weighted by molar-refractivity contribution is 7.99. The minimum absolute atomic E-state index is 0.535. The summed E-state index contributed by atoms with van der Waals surface area (Å²) in [4.78, 5) is 12.8. The van der Waals surface area contributed by atoms with Crippen molar-refractivity contribution in [1.29, 1.82) is 0 Å². The molecule has 124 valence electrons. The molecule has 0 aliphatic rings. The van der Waals surface area contributed by atoms with Crippen LogP contribution < -0.4 is 4.90 Å². The van der Waals surface area contributed by atoms with Crippen molar-refractivity contribution in [2.24, 2.45) is 0 Å². The van der Waals surface area contributed by atoms with Gasteiger partial charge in [-0.15, -0.1) is 11.8 Å². The van der Waals surface area contributed by atoms with E-state index in [1.54, 1.807) is 0 Å². The molecule has 2 rings (SSSR count). The monoisotopic (exact) mass is 329 g/mol. The molecule has 0 saturated carbocycles. The summed E-state index contributed by atoms with van der Waals surface area (Å²) in [6.07, 6.45) is 0. The Morgan fingerprint density at radius 3 is 2.22 bits per heavy atom. The van der Waals surface area contributed by atoms with E-state index in [1.165, 1.54) is 16.1 Å². The van der Waals surface area contributed by atoms with Crippen LogP contribution in [0.4, 0.5) is 11.6 Å². The Morgan fingerprint density at radius 2 is 1.70 bits per heavy atom. The molecule has 0 bridgehead atoms. The Morgan fingerprint density at radius 1 is 1.04 bits per heavy atom. The van der Waals surface area contributed by atoms with E-state index in [0.29, 0.717) is 5.92 Å². The summed E-state index contributed by atoms with van der Waals surface area (Å²) < 4.78 is 0. The molecule has 0 atom stereocenters. The third-order valence-corrected chi connectivity index (χ3v) is 4.70. The Labute approximate surface area is 144 Å². The fourth-order valence-electron chi connectivity index (χ4n) is 2.63. The van der Waals surface area contributed by atoms with Gasteiger partial charge in [-0.05, 0) is 56.2 Å². The minimum atomic E-state index is 0.535. The van der Waals surface area contributed by atoms with E-state index in [-0.39, 0.29) is 0 Å². The molecule has 1 aromatic carbocycles. The van der Waals surface area contributed by atoms with Crippen molar-refractivity contribution in [1.82, 2.24) is 9.97 Å². The van der Waals surface area contributed by atoms with E-state index in [0.717, 1.165) is 29.6 Å². The molecule has 4 heteroatoms. The second-order valence-corrected chi connectivity index (χ2v) is 7.32. The first-order chi connectivity index (χ1) is 11.0. The molecule has 0 aliphatic heterocycles. The number of hydrogen-bond donors (Lipinski definition) is 0. The number of rotatable bonds is 6. The largest absolute Gasteiger partial charge is 0.310 e. The lowest BCUT2D eigenvalue weighted by molar-refractivity contribution is 0.857. The van der Waals surface area contributed by atoms with Crippen molar-refractivity contribution in [3.8, 4) is 0 Å². The SMILES string of the molecule is CCSc1cc(C(C)C)ccc1N(CC)c1nc(C)cc(C)n1. The van der Waals surface area contributed by atoms with Crippen molar-refractivity contribution in [3.05, 3.63) is 41.2 Å². The van der Waals surface area contributed by atoms with Crippen LogP contribution in [0, 0.1) is 13.8 Å². The molecule has 3 nitrogen and oxygen atoms in total. The molecule has 0 N–H and O–H groups in total. The highest BCUT2D eigenvalue weighted by atomic mass is 32.2. The van der Waals surface area contributed by atoms with Gasteiger partial charge in [0.25, 0.3) is 0 Å². The maximum absolute atomic E-state index is 4.65. The summed E-state index contributed by atoms with van der Waals surface area (Å²) >= 11 is 1.88. The average molecular weight is 330 g/mol. The average Bonchev–Trinajstić information content (AvgIpc) is 2.48. The minimum Gasteiger partial charge on any atom is -0.310 e. The van der Waals surface area contributed by atoms with Gasteiger partial charge in [0, 0.05) is 22.8 Å². The summed E-state index contributed by atoms with van der Waals surface area (Å²) in [5.74, 6) is 2.38. The zero-order chi connectivity index (χ0) is 17.0. The van der Waals surface area contributed by atoms with Crippen molar-refractivity contribution in [2.45, 2.75) is 52.4 Å². The Kier molecular flexibility index (Phi) is 6.05. The van der Waals surface area contributed by atoms with E-state index in [2.05, 4.69) is 60.8 Å². The first kappa shape index (κ1) is 17.8. The third kappa shape index (κ3) is 4.25. The first-order valence-electron chi connectivity index (χ1n) is 8.32. The predicted octanol–water partition coefficient (Wildman–Crippen LogP) is 5.49. The van der Waals surface area contributed by atoms with Crippen molar-refractivity contribution in [2.75, 3.05) is 17.2 Å². The number of anilines is 2. The second kappa shape index (κ2) is 7.82. The fraction of sp³-hybridized carbons (Fsp3) is 0.474. The summed E-state index contributed by atoms with van der Waals surface area (Å²) in [6.45, 7) is 13.7. The smallest absolute Gasteiger partial charge is 0.230 e. The van der Waals surface area contributed by atoms with Gasteiger partial charge in [-0.1, -0.05) is 26.8 Å². The lowest BCUT2D eigenvalue weighted by atomic mass is 10.0. The fourth-order valence-corrected chi connectivity index (χ4v) is 3.49. The Hall–Kier alpha value is -1.55. The van der Waals surface area contributed by atoms with Crippen molar-refractivity contribution < 1.29 is 0 Å². The van der Waals surface area contributed by atoms with Gasteiger partial charge in [0.05, 0.1) is 5.69 Å². The van der Waals surface area contributed by atoms with E-state index >= 15 is 0 Å². The lowest BCUT2D eigenvalue weighted by Gasteiger charge is -2.25. The molecular formula is C19H27N3S. The van der Waals surface area contributed by atoms with Gasteiger partial charge in [0.2, 0.25) is 5.95 Å². The maximum atomic E-state index is 4.65. The van der Waals surface area contributed by atoms with Crippen LogP contribution in [-0.2, 0) is 0 Å². The van der Waals surface area contributed by atoms with Crippen LogP contribution in [0.5, 0.6) is 0 Å². The van der Waals surface area contributed by atoms with Crippen molar-refractivity contribution >= 4 is 23.4 Å². The van der Waals surface area contributed by atoms with Gasteiger partial charge in [-0.25, -0.2) is 9.97 Å². The Balaban J connectivity index is 2.51. The summed E-state index contributed by atoms with van der Waals surface area (Å²) in [5.41, 5.74) is 4.60. The zero-order valence-electron chi connectivity index (χ0n) is 15.1. The number of aromatic nitrogens is 2. The first-order valence-corrected chi connectivity index (χ1v) is 9.31. The normalized spacial score (nSPS) is 11.1. The van der Waals surface area contributed by atoms with Gasteiger partial charge >= 0.3 is 0 Å². The predicted molar refractivity (Wildman–Crippen MR) is 101 cm³/mol. The second-order valence-electron chi connectivity index (χ2n) is 6.01. The van der Waals surface area contributed by atoms with E-state index in [9.17, 15) is 0 Å². The topological polar surface area (TPSA) is 29.0 Å². The standard InChI is InChI=1S/C19H27N3S/c1-7-22(19-20-14(5)11-15(6)21-19)17-10-9-16(13(3)4)12-18(17)23-8-2/h9-13H,7-8H2,1-6H3. The number of nitrogens with zero attached hydrogens (tertiary/aromatic N) is 3. The van der Waals surface area contributed by atoms with E-state index in [4.69, 9.17) is 0 Å². The molecule has 0 saturated heterocycles. The van der Waals surface area contributed by atoms with E-state index in [1.807, 2.05) is 31.7 Å². The quantitative estimate of drug-likeness (QED) is 0.656. The third-order valence-electron chi connectivity index (χ3n) is 3.77. The number of thioether (sulfide) groups is 1. The van der Waals surface area contributed by atoms with Gasteiger partial charge in [-0.3, -0.25) is 0 Å². The molecule has 0 aliphatic carbocycles. The van der Waals surface area contributed by atoms with Gasteiger partial charge in [0.1, 0.15) is 0 Å². The molecule has 0 unspecified atom stereocenters. The summed E-state index contributed by atoms with van der Waals surface area (Å²) in [5, 5.41) is 0. The summed E-state index contributed by atoms with van der Waals surface area (Å²) in [6, 6.07) is 8.78. The van der Waals surface area contributed by atoms with Crippen LogP contribution in [0.15, 0.2) is 29.2 Å². The summed E-state index contributed by atoms with van der Waals surface area (Å²) in [7, 11) is 0. The highest BCUT2D eigenvalue weighted by Crippen LogP contribution is 2.35. The Bertz CT molecular complexity index is 647. The zero-order valence-corrected chi connectivity index (χ0v) is 15.9. The molecule has 0 amide bonds. The van der Waals surface area contributed by atoms with Crippen LogP contribution >= 0.6 is 11.8 Å². The molecular weight excluding hydrogens is 302 g/mol. The lowest BCUT2D eigenvalue weighted by Crippen LogP contribution is -2.20. The van der Waals surface area contributed by atoms with E-state index < -0.39 is 0 Å². The molecule has 1 aromatic heterocycles. The van der Waals surface area contributed by atoms with Crippen LogP contribution in [0.3, 0.4) is 0 Å². The van der Waals surface area contributed by atoms with Crippen LogP contribution in [0.2, 0.25) is 0 Å². The van der Waals surface area contributed by atoms with Crippen LogP contribution in [-0.4, -0.2) is 22.3 Å². The van der Waals surface area contributed by atoms with Gasteiger partial charge in [0.15, 0.2) is 0 Å². The molecule has 0 radical (unpaired) electrons. The molecule has 1 heterocycles. The number of benzene rings is 1. The molecule has 2 aromatic rings. The number of aryl methyl sites for hydroxylation is 2. The highest BCUT2D eigenvalue weighted by Gasteiger charge is 2.16. The van der Waals surface area contributed by atoms with Gasteiger partial charge < -0.3 is 4.90 Å². The maximum Gasteiger partial charge on any atom is 0.230 e. The molecule has 0 spiro atoms. The van der Waals surface area contributed by atoms with Crippen molar-refractivity contribution in [3.63, 3.8) is 0 Å².